The first-order valence-electron chi connectivity index (χ1n) is 8.65. The van der Waals surface area contributed by atoms with Crippen molar-refractivity contribution in [3.8, 4) is 0 Å². The quantitative estimate of drug-likeness (QED) is 0.456. The Kier molecular flexibility index (Phi) is 5.71. The van der Waals surface area contributed by atoms with Crippen LogP contribution in [-0.4, -0.2) is 14.9 Å². The molecule has 3 nitrogen and oxygen atoms in total. The first-order valence-corrected chi connectivity index (χ1v) is 9.84. The maximum Gasteiger partial charge on any atom is 0.208 e. The van der Waals surface area contributed by atoms with Gasteiger partial charge in [-0.2, -0.15) is 0 Å². The van der Waals surface area contributed by atoms with Crippen LogP contribution >= 0.6 is 34.8 Å². The average Bonchev–Trinajstić information content (AvgIpc) is 2.88. The standard InChI is InChI=1S/C20H22Cl3N3/c1-5-14(12(3)21)15-7-6-8-17-19(15)26(4)20(24-17)25-18-11(2)9-13(22)10-16(18)23/h6-10,12,14H,5H2,1-4H3,(H,24,25). The van der Waals surface area contributed by atoms with Crippen molar-refractivity contribution < 1.29 is 0 Å². The van der Waals surface area contributed by atoms with Crippen LogP contribution in [0.3, 0.4) is 0 Å². The van der Waals surface area contributed by atoms with Gasteiger partial charge >= 0.3 is 0 Å². The molecule has 3 aromatic rings. The van der Waals surface area contributed by atoms with E-state index in [1.165, 1.54) is 5.56 Å². The normalized spacial score (nSPS) is 13.8. The number of nitrogens with zero attached hydrogens (tertiary/aromatic N) is 2. The number of anilines is 2. The molecule has 0 bridgehead atoms. The van der Waals surface area contributed by atoms with Crippen molar-refractivity contribution in [2.24, 2.45) is 7.05 Å². The Bertz CT molecular complexity index is 924. The lowest BCUT2D eigenvalue weighted by molar-refractivity contribution is 0.651. The van der Waals surface area contributed by atoms with E-state index in [4.69, 9.17) is 39.8 Å². The summed E-state index contributed by atoms with van der Waals surface area (Å²) in [5.74, 6) is 1.00. The lowest BCUT2D eigenvalue weighted by Gasteiger charge is -2.19. The molecule has 1 N–H and O–H groups in total. The SMILES string of the molecule is CCC(c1cccc2nc(Nc3c(C)cc(Cl)cc3Cl)n(C)c12)C(C)Cl. The second-order valence-corrected chi connectivity index (χ2v) is 8.14. The van der Waals surface area contributed by atoms with Crippen molar-refractivity contribution in [2.45, 2.75) is 38.5 Å². The molecule has 0 aliphatic heterocycles. The highest BCUT2D eigenvalue weighted by Gasteiger charge is 2.21. The number of hydrogen-bond acceptors (Lipinski definition) is 2. The van der Waals surface area contributed by atoms with E-state index in [-0.39, 0.29) is 11.3 Å². The summed E-state index contributed by atoms with van der Waals surface area (Å²) in [4.78, 5) is 4.77. The van der Waals surface area contributed by atoms with E-state index in [1.54, 1.807) is 6.07 Å². The number of aromatic nitrogens is 2. The zero-order valence-electron chi connectivity index (χ0n) is 15.3. The zero-order chi connectivity index (χ0) is 19.0. The number of nitrogens with one attached hydrogen (secondary N) is 1. The van der Waals surface area contributed by atoms with Crippen LogP contribution in [0, 0.1) is 6.92 Å². The number of halogens is 3. The number of fused-ring (bicyclic) bond motifs is 1. The van der Waals surface area contributed by atoms with Crippen LogP contribution in [0.2, 0.25) is 10.0 Å². The van der Waals surface area contributed by atoms with Crippen LogP contribution in [0.15, 0.2) is 30.3 Å². The maximum absolute atomic E-state index is 6.45. The van der Waals surface area contributed by atoms with Crippen molar-refractivity contribution in [1.29, 1.82) is 0 Å². The van der Waals surface area contributed by atoms with E-state index in [1.807, 2.05) is 39.1 Å². The van der Waals surface area contributed by atoms with Gasteiger partial charge in [0.1, 0.15) is 0 Å². The highest BCUT2D eigenvalue weighted by Crippen LogP contribution is 2.36. The van der Waals surface area contributed by atoms with Crippen LogP contribution in [0.5, 0.6) is 0 Å². The smallest absolute Gasteiger partial charge is 0.208 e. The second kappa shape index (κ2) is 7.67. The summed E-state index contributed by atoms with van der Waals surface area (Å²) in [5, 5.41) is 4.60. The predicted octanol–water partition coefficient (Wildman–Crippen LogP) is 7.05. The van der Waals surface area contributed by atoms with E-state index in [0.29, 0.717) is 10.0 Å². The van der Waals surface area contributed by atoms with Gasteiger partial charge in [-0.3, -0.25) is 0 Å². The van der Waals surface area contributed by atoms with Crippen LogP contribution in [0.4, 0.5) is 11.6 Å². The molecule has 138 valence electrons. The van der Waals surface area contributed by atoms with Crippen molar-refractivity contribution in [2.75, 3.05) is 5.32 Å². The molecular formula is C20H22Cl3N3. The molecule has 2 atom stereocenters. The monoisotopic (exact) mass is 409 g/mol. The number of benzene rings is 2. The molecule has 0 spiro atoms. The Hall–Kier alpha value is -1.42. The van der Waals surface area contributed by atoms with Gasteiger partial charge in [0, 0.05) is 23.4 Å². The van der Waals surface area contributed by atoms with Crippen molar-refractivity contribution in [3.05, 3.63) is 51.5 Å². The molecule has 2 unspecified atom stereocenters. The number of imidazole rings is 1. The Balaban J connectivity index is 2.11. The summed E-state index contributed by atoms with van der Waals surface area (Å²) in [7, 11) is 2.01. The molecule has 26 heavy (non-hydrogen) atoms. The first-order chi connectivity index (χ1) is 12.3. The molecule has 0 aliphatic carbocycles. The molecule has 0 saturated carbocycles. The third-order valence-electron chi connectivity index (χ3n) is 4.81. The molecule has 2 aromatic carbocycles. The van der Waals surface area contributed by atoms with E-state index in [9.17, 15) is 0 Å². The van der Waals surface area contributed by atoms with Gasteiger partial charge in [0.05, 0.1) is 21.7 Å². The van der Waals surface area contributed by atoms with E-state index < -0.39 is 0 Å². The summed E-state index contributed by atoms with van der Waals surface area (Å²) in [5.41, 5.74) is 5.03. The Morgan fingerprint density at radius 2 is 1.96 bits per heavy atom. The number of rotatable bonds is 5. The highest BCUT2D eigenvalue weighted by molar-refractivity contribution is 6.36. The van der Waals surface area contributed by atoms with Crippen LogP contribution in [-0.2, 0) is 7.05 Å². The Morgan fingerprint density at radius 1 is 1.23 bits per heavy atom. The molecule has 0 saturated heterocycles. The lowest BCUT2D eigenvalue weighted by atomic mass is 9.92. The fourth-order valence-corrected chi connectivity index (χ4v) is 4.43. The van der Waals surface area contributed by atoms with Gasteiger partial charge in [0.2, 0.25) is 5.95 Å². The fourth-order valence-electron chi connectivity index (χ4n) is 3.47. The van der Waals surface area contributed by atoms with Crippen molar-refractivity contribution in [1.82, 2.24) is 9.55 Å². The summed E-state index contributed by atoms with van der Waals surface area (Å²) in [6.07, 6.45) is 0.972. The summed E-state index contributed by atoms with van der Waals surface area (Å²) in [6, 6.07) is 9.81. The number of alkyl halides is 1. The van der Waals surface area contributed by atoms with Gasteiger partial charge in [0.15, 0.2) is 0 Å². The number of para-hydroxylation sites is 1. The first kappa shape index (κ1) is 19.3. The largest absolute Gasteiger partial charge is 0.324 e. The second-order valence-electron chi connectivity index (χ2n) is 6.61. The van der Waals surface area contributed by atoms with E-state index >= 15 is 0 Å². The molecular weight excluding hydrogens is 389 g/mol. The predicted molar refractivity (Wildman–Crippen MR) is 114 cm³/mol. The van der Waals surface area contributed by atoms with Gasteiger partial charge in [-0.1, -0.05) is 42.3 Å². The molecule has 0 radical (unpaired) electrons. The van der Waals surface area contributed by atoms with Gasteiger partial charge in [-0.15, -0.1) is 11.6 Å². The van der Waals surface area contributed by atoms with Gasteiger partial charge < -0.3 is 9.88 Å². The zero-order valence-corrected chi connectivity index (χ0v) is 17.5. The minimum atomic E-state index is 0.0462. The van der Waals surface area contributed by atoms with Crippen LogP contribution < -0.4 is 5.32 Å². The van der Waals surface area contributed by atoms with Crippen molar-refractivity contribution in [3.63, 3.8) is 0 Å². The molecule has 1 aromatic heterocycles. The topological polar surface area (TPSA) is 29.9 Å². The molecule has 0 amide bonds. The third kappa shape index (κ3) is 3.53. The average molecular weight is 411 g/mol. The van der Waals surface area contributed by atoms with E-state index in [0.717, 1.165) is 34.7 Å². The molecule has 0 aliphatic rings. The molecule has 0 fully saturated rings. The number of hydrogen-bond donors (Lipinski definition) is 1. The number of aryl methyl sites for hydroxylation is 2. The van der Waals surface area contributed by atoms with Crippen LogP contribution in [0.25, 0.3) is 11.0 Å². The highest BCUT2D eigenvalue weighted by atomic mass is 35.5. The minimum absolute atomic E-state index is 0.0462. The lowest BCUT2D eigenvalue weighted by Crippen LogP contribution is -2.10. The molecule has 6 heteroatoms. The van der Waals surface area contributed by atoms with Gasteiger partial charge in [-0.25, -0.2) is 4.98 Å². The fraction of sp³-hybridized carbons (Fsp3) is 0.350. The summed E-state index contributed by atoms with van der Waals surface area (Å²) < 4.78 is 2.07. The molecule has 1 heterocycles. The van der Waals surface area contributed by atoms with Crippen LogP contribution in [0.1, 0.15) is 37.3 Å². The minimum Gasteiger partial charge on any atom is -0.324 e. The summed E-state index contributed by atoms with van der Waals surface area (Å²) in [6.45, 7) is 6.17. The Labute approximate surface area is 169 Å². The Morgan fingerprint density at radius 3 is 2.58 bits per heavy atom. The summed E-state index contributed by atoms with van der Waals surface area (Å²) >= 11 is 18.9. The van der Waals surface area contributed by atoms with Crippen molar-refractivity contribution >= 4 is 57.5 Å². The maximum atomic E-state index is 6.45. The van der Waals surface area contributed by atoms with E-state index in [2.05, 4.69) is 22.9 Å². The van der Waals surface area contributed by atoms with Gasteiger partial charge in [-0.05, 0) is 49.6 Å². The van der Waals surface area contributed by atoms with Gasteiger partial charge in [0.25, 0.3) is 0 Å². The third-order valence-corrected chi connectivity index (χ3v) is 5.63. The molecule has 3 rings (SSSR count).